The van der Waals surface area contributed by atoms with E-state index in [-0.39, 0.29) is 5.82 Å². The second-order valence-corrected chi connectivity index (χ2v) is 3.97. The quantitative estimate of drug-likeness (QED) is 0.704. The van der Waals surface area contributed by atoms with E-state index in [1.54, 1.807) is 6.07 Å². The average molecular weight is 237 g/mol. The van der Waals surface area contributed by atoms with Crippen molar-refractivity contribution in [3.8, 4) is 11.3 Å². The molecule has 0 amide bonds. The summed E-state index contributed by atoms with van der Waals surface area (Å²) in [5, 5.41) is 0.418. The molecule has 0 radical (unpaired) electrons. The predicted octanol–water partition coefficient (Wildman–Crippen LogP) is 3.45. The summed E-state index contributed by atoms with van der Waals surface area (Å²) in [6, 6.07) is 10.4. The van der Waals surface area contributed by atoms with Crippen LogP contribution in [0.4, 0.5) is 4.39 Å². The van der Waals surface area contributed by atoms with Crippen LogP contribution in [-0.2, 0) is 6.54 Å². The fourth-order valence-electron chi connectivity index (χ4n) is 1.72. The molecule has 0 N–H and O–H groups in total. The van der Waals surface area contributed by atoms with Crippen LogP contribution in [0.2, 0.25) is 5.02 Å². The van der Waals surface area contributed by atoms with E-state index in [0.717, 1.165) is 17.8 Å². The van der Waals surface area contributed by atoms with E-state index < -0.39 is 0 Å². The number of nitrogens with zero attached hydrogens (tertiary/aromatic N) is 1. The molecule has 16 heavy (non-hydrogen) atoms. The minimum absolute atomic E-state index is 0.311. The van der Waals surface area contributed by atoms with Crippen LogP contribution in [0, 0.1) is 5.82 Å². The fraction of sp³-hybridized carbons (Fsp3) is 0.154. The summed E-state index contributed by atoms with van der Waals surface area (Å²) < 4.78 is 15.3. The molecule has 1 aromatic carbocycles. The molecule has 3 heteroatoms. The van der Waals surface area contributed by atoms with Crippen LogP contribution in [0.15, 0.2) is 42.6 Å². The number of pyridine rings is 1. The first-order chi connectivity index (χ1) is 7.70. The Morgan fingerprint density at radius 3 is 2.75 bits per heavy atom. The molecular formula is C13H12ClFN+. The standard InChI is InChI=1S/C13H12ClFN/c1-2-16-6-4-3-5-13(16)10-7-11(14)9-12(15)8-10/h3-9H,2H2,1H3/q+1. The topological polar surface area (TPSA) is 3.88 Å². The third kappa shape index (κ3) is 2.22. The van der Waals surface area contributed by atoms with E-state index in [9.17, 15) is 4.39 Å². The van der Waals surface area contributed by atoms with Gasteiger partial charge in [-0.05, 0) is 31.2 Å². The predicted molar refractivity (Wildman–Crippen MR) is 62.7 cm³/mol. The van der Waals surface area contributed by atoms with E-state index in [4.69, 9.17) is 11.6 Å². The average Bonchev–Trinajstić information content (AvgIpc) is 2.27. The summed E-state index contributed by atoms with van der Waals surface area (Å²) in [6.07, 6.45) is 1.97. The van der Waals surface area contributed by atoms with Crippen molar-refractivity contribution in [2.45, 2.75) is 13.5 Å². The van der Waals surface area contributed by atoms with Gasteiger partial charge in [0.25, 0.3) is 0 Å². The Hall–Kier alpha value is -1.41. The minimum Gasteiger partial charge on any atom is -0.207 e. The van der Waals surface area contributed by atoms with Crippen molar-refractivity contribution in [3.63, 3.8) is 0 Å². The van der Waals surface area contributed by atoms with E-state index >= 15 is 0 Å². The zero-order valence-electron chi connectivity index (χ0n) is 8.95. The molecule has 0 aliphatic rings. The number of aromatic nitrogens is 1. The van der Waals surface area contributed by atoms with Gasteiger partial charge in [-0.15, -0.1) is 0 Å². The van der Waals surface area contributed by atoms with Gasteiger partial charge in [-0.1, -0.05) is 11.6 Å². The van der Waals surface area contributed by atoms with Gasteiger partial charge in [-0.25, -0.2) is 4.39 Å². The van der Waals surface area contributed by atoms with Crippen molar-refractivity contribution in [2.24, 2.45) is 0 Å². The summed E-state index contributed by atoms with van der Waals surface area (Å²) in [5.74, 6) is -0.311. The molecule has 0 bridgehead atoms. The van der Waals surface area contributed by atoms with Gasteiger partial charge in [0.1, 0.15) is 12.4 Å². The number of hydrogen-bond donors (Lipinski definition) is 0. The lowest BCUT2D eigenvalue weighted by atomic mass is 10.1. The van der Waals surface area contributed by atoms with Gasteiger partial charge >= 0.3 is 0 Å². The molecule has 0 saturated carbocycles. The normalized spacial score (nSPS) is 10.4. The third-order valence-corrected chi connectivity index (χ3v) is 2.66. The lowest BCUT2D eigenvalue weighted by Crippen LogP contribution is -2.34. The summed E-state index contributed by atoms with van der Waals surface area (Å²) in [6.45, 7) is 2.88. The van der Waals surface area contributed by atoms with Crippen LogP contribution in [0.25, 0.3) is 11.3 Å². The maximum Gasteiger partial charge on any atom is 0.212 e. The van der Waals surface area contributed by atoms with Gasteiger partial charge in [0.15, 0.2) is 6.20 Å². The zero-order chi connectivity index (χ0) is 11.5. The van der Waals surface area contributed by atoms with E-state index in [1.165, 1.54) is 12.1 Å². The van der Waals surface area contributed by atoms with Crippen molar-refractivity contribution in [3.05, 3.63) is 53.4 Å². The lowest BCUT2D eigenvalue weighted by molar-refractivity contribution is -0.682. The monoisotopic (exact) mass is 236 g/mol. The van der Waals surface area contributed by atoms with E-state index in [2.05, 4.69) is 0 Å². The van der Waals surface area contributed by atoms with Gasteiger partial charge in [0.05, 0.1) is 5.56 Å². The maximum absolute atomic E-state index is 13.3. The van der Waals surface area contributed by atoms with Crippen molar-refractivity contribution in [2.75, 3.05) is 0 Å². The van der Waals surface area contributed by atoms with Crippen LogP contribution < -0.4 is 4.57 Å². The highest BCUT2D eigenvalue weighted by atomic mass is 35.5. The van der Waals surface area contributed by atoms with Gasteiger partial charge in [0, 0.05) is 17.2 Å². The van der Waals surface area contributed by atoms with Crippen LogP contribution >= 0.6 is 11.6 Å². The molecule has 0 aliphatic carbocycles. The molecule has 0 spiro atoms. The van der Waals surface area contributed by atoms with Crippen LogP contribution in [-0.4, -0.2) is 0 Å². The molecule has 0 atom stereocenters. The number of benzene rings is 1. The Kier molecular flexibility index (Phi) is 3.20. The van der Waals surface area contributed by atoms with Gasteiger partial charge < -0.3 is 0 Å². The van der Waals surface area contributed by atoms with Gasteiger partial charge in [-0.2, -0.15) is 4.57 Å². The minimum atomic E-state index is -0.311. The first kappa shape index (κ1) is 11.1. The Bertz CT molecular complexity index is 491. The van der Waals surface area contributed by atoms with Crippen LogP contribution in [0.5, 0.6) is 0 Å². The number of hydrogen-bond acceptors (Lipinski definition) is 0. The Balaban J connectivity index is 2.58. The molecule has 0 aliphatic heterocycles. The molecule has 0 fully saturated rings. The Labute approximate surface area is 99.1 Å². The summed E-state index contributed by atoms with van der Waals surface area (Å²) in [4.78, 5) is 0. The number of halogens is 2. The number of rotatable bonds is 2. The first-order valence-corrected chi connectivity index (χ1v) is 5.53. The third-order valence-electron chi connectivity index (χ3n) is 2.44. The molecule has 0 unspecified atom stereocenters. The van der Waals surface area contributed by atoms with Crippen LogP contribution in [0.3, 0.4) is 0 Å². The molecule has 2 aromatic rings. The first-order valence-electron chi connectivity index (χ1n) is 5.15. The van der Waals surface area contributed by atoms with E-state index in [0.29, 0.717) is 5.02 Å². The van der Waals surface area contributed by atoms with Crippen LogP contribution in [0.1, 0.15) is 6.92 Å². The summed E-state index contributed by atoms with van der Waals surface area (Å²) in [7, 11) is 0. The van der Waals surface area contributed by atoms with Crippen molar-refractivity contribution >= 4 is 11.6 Å². The highest BCUT2D eigenvalue weighted by Gasteiger charge is 2.11. The summed E-state index contributed by atoms with van der Waals surface area (Å²) >= 11 is 5.85. The van der Waals surface area contributed by atoms with Crippen molar-refractivity contribution < 1.29 is 8.96 Å². The van der Waals surface area contributed by atoms with Crippen molar-refractivity contribution in [1.82, 2.24) is 0 Å². The molecule has 0 saturated heterocycles. The molecule has 1 aromatic heterocycles. The van der Waals surface area contributed by atoms with Gasteiger partial charge in [0.2, 0.25) is 5.69 Å². The molecular weight excluding hydrogens is 225 g/mol. The second-order valence-electron chi connectivity index (χ2n) is 3.53. The SMILES string of the molecule is CC[n+]1ccccc1-c1cc(F)cc(Cl)c1. The lowest BCUT2D eigenvalue weighted by Gasteiger charge is -2.02. The highest BCUT2D eigenvalue weighted by Crippen LogP contribution is 2.21. The molecule has 2 rings (SSSR count). The maximum atomic E-state index is 13.3. The highest BCUT2D eigenvalue weighted by molar-refractivity contribution is 6.30. The zero-order valence-corrected chi connectivity index (χ0v) is 9.71. The second kappa shape index (κ2) is 4.62. The van der Waals surface area contributed by atoms with Gasteiger partial charge in [-0.3, -0.25) is 0 Å². The Morgan fingerprint density at radius 2 is 2.06 bits per heavy atom. The molecule has 1 heterocycles. The van der Waals surface area contributed by atoms with E-state index in [1.807, 2.05) is 35.9 Å². The molecule has 1 nitrogen and oxygen atoms in total. The Morgan fingerprint density at radius 1 is 1.25 bits per heavy atom. The smallest absolute Gasteiger partial charge is 0.207 e. The fourth-order valence-corrected chi connectivity index (χ4v) is 1.94. The largest absolute Gasteiger partial charge is 0.212 e. The molecule has 82 valence electrons. The van der Waals surface area contributed by atoms with Crippen molar-refractivity contribution in [1.29, 1.82) is 0 Å². The number of aryl methyl sites for hydroxylation is 1. The summed E-state index contributed by atoms with van der Waals surface area (Å²) in [5.41, 5.74) is 1.76.